The van der Waals surface area contributed by atoms with Crippen LogP contribution in [0.4, 0.5) is 18.9 Å². The van der Waals surface area contributed by atoms with Crippen LogP contribution in [0.25, 0.3) is 5.76 Å². The van der Waals surface area contributed by atoms with Gasteiger partial charge in [-0.3, -0.25) is 14.5 Å². The Hall–Kier alpha value is -3.98. The molecule has 0 aromatic heterocycles. The van der Waals surface area contributed by atoms with E-state index in [4.69, 9.17) is 21.1 Å². The van der Waals surface area contributed by atoms with Crippen molar-refractivity contribution in [2.45, 2.75) is 12.2 Å². The van der Waals surface area contributed by atoms with Gasteiger partial charge < -0.3 is 14.6 Å². The molecular weight excluding hydrogens is 499 g/mol. The number of rotatable bonds is 5. The van der Waals surface area contributed by atoms with E-state index in [2.05, 4.69) is 0 Å². The predicted octanol–water partition coefficient (Wildman–Crippen LogP) is 6.00. The maximum atomic E-state index is 13.2. The highest BCUT2D eigenvalue weighted by atomic mass is 35.5. The van der Waals surface area contributed by atoms with E-state index in [-0.39, 0.29) is 21.8 Å². The summed E-state index contributed by atoms with van der Waals surface area (Å²) in [6.07, 6.45) is -4.58. The van der Waals surface area contributed by atoms with Gasteiger partial charge in [0, 0.05) is 11.3 Å². The number of aliphatic hydroxyl groups excluding tert-OH is 1. The van der Waals surface area contributed by atoms with Crippen molar-refractivity contribution in [3.8, 4) is 11.5 Å². The van der Waals surface area contributed by atoms with Crippen molar-refractivity contribution in [2.24, 2.45) is 0 Å². The number of ketones is 1. The summed E-state index contributed by atoms with van der Waals surface area (Å²) in [5.74, 6) is -1.86. The zero-order chi connectivity index (χ0) is 26.2. The number of Topliss-reactive ketones (excluding diaryl/α,β-unsaturated/α-hetero) is 1. The van der Waals surface area contributed by atoms with Crippen molar-refractivity contribution in [1.82, 2.24) is 0 Å². The lowest BCUT2D eigenvalue weighted by molar-refractivity contribution is -0.137. The number of halogens is 4. The molecule has 36 heavy (non-hydrogen) atoms. The molecule has 1 unspecified atom stereocenters. The summed E-state index contributed by atoms with van der Waals surface area (Å²) in [5, 5.41) is 11.3. The molecule has 1 N–H and O–H groups in total. The third kappa shape index (κ3) is 4.49. The number of nitrogens with zero attached hydrogens (tertiary/aromatic N) is 1. The van der Waals surface area contributed by atoms with Crippen LogP contribution >= 0.6 is 11.6 Å². The second-order valence-corrected chi connectivity index (χ2v) is 8.24. The Kier molecular flexibility index (Phi) is 6.69. The summed E-state index contributed by atoms with van der Waals surface area (Å²) < 4.78 is 49.8. The molecule has 6 nitrogen and oxygen atoms in total. The van der Waals surface area contributed by atoms with Gasteiger partial charge in [0.25, 0.3) is 11.7 Å². The summed E-state index contributed by atoms with van der Waals surface area (Å²) in [7, 11) is 2.84. The summed E-state index contributed by atoms with van der Waals surface area (Å²) in [5.41, 5.74) is -0.732. The summed E-state index contributed by atoms with van der Waals surface area (Å²) in [4.78, 5) is 27.5. The van der Waals surface area contributed by atoms with Crippen molar-refractivity contribution < 1.29 is 37.3 Å². The van der Waals surface area contributed by atoms with E-state index in [0.29, 0.717) is 17.1 Å². The number of hydrogen-bond acceptors (Lipinski definition) is 5. The molecule has 1 aliphatic rings. The summed E-state index contributed by atoms with van der Waals surface area (Å²) >= 11 is 6.28. The Morgan fingerprint density at radius 3 is 2.19 bits per heavy atom. The number of aliphatic hydroxyl groups is 1. The number of carbonyl (C=O) groups excluding carboxylic acids is 2. The molecule has 0 bridgehead atoms. The Balaban J connectivity index is 1.95. The molecule has 3 aromatic carbocycles. The molecule has 1 atom stereocenters. The number of benzene rings is 3. The van der Waals surface area contributed by atoms with Gasteiger partial charge in [-0.15, -0.1) is 0 Å². The van der Waals surface area contributed by atoms with Gasteiger partial charge in [0.1, 0.15) is 17.3 Å². The number of anilines is 1. The van der Waals surface area contributed by atoms with Gasteiger partial charge in [-0.05, 0) is 60.2 Å². The fourth-order valence-corrected chi connectivity index (χ4v) is 4.20. The van der Waals surface area contributed by atoms with Crippen LogP contribution in [-0.4, -0.2) is 31.0 Å². The van der Waals surface area contributed by atoms with Gasteiger partial charge in [-0.25, -0.2) is 0 Å². The molecule has 10 heteroatoms. The molecule has 3 aromatic rings. The average molecular weight is 518 g/mol. The standard InChI is InChI=1S/C26H19ClF3NO5/c1-35-17-5-3-4-14(12-17)22-21(23(32)19-13-18(36-2)10-11-20(19)27)24(33)25(34)31(22)16-8-6-15(7-9-16)26(28,29)30/h3-13,22,32H,1-2H3/b23-21+. The zero-order valence-corrected chi connectivity index (χ0v) is 19.7. The van der Waals surface area contributed by atoms with Crippen LogP contribution in [0.5, 0.6) is 11.5 Å². The molecule has 1 fully saturated rings. The molecule has 1 aliphatic heterocycles. The van der Waals surface area contributed by atoms with E-state index in [1.54, 1.807) is 30.3 Å². The fourth-order valence-electron chi connectivity index (χ4n) is 3.99. The van der Waals surface area contributed by atoms with Gasteiger partial charge in [0.15, 0.2) is 0 Å². The van der Waals surface area contributed by atoms with Crippen LogP contribution < -0.4 is 14.4 Å². The van der Waals surface area contributed by atoms with Crippen LogP contribution in [0.2, 0.25) is 5.02 Å². The Morgan fingerprint density at radius 1 is 0.944 bits per heavy atom. The maximum absolute atomic E-state index is 13.2. The van der Waals surface area contributed by atoms with E-state index in [1.807, 2.05) is 0 Å². The Bertz CT molecular complexity index is 1370. The maximum Gasteiger partial charge on any atom is 0.416 e. The zero-order valence-electron chi connectivity index (χ0n) is 19.0. The molecular formula is C26H19ClF3NO5. The van der Waals surface area contributed by atoms with Crippen LogP contribution in [0.3, 0.4) is 0 Å². The van der Waals surface area contributed by atoms with E-state index >= 15 is 0 Å². The lowest BCUT2D eigenvalue weighted by Crippen LogP contribution is -2.29. The first-order valence-electron chi connectivity index (χ1n) is 10.5. The highest BCUT2D eigenvalue weighted by Crippen LogP contribution is 2.44. The third-order valence-corrected chi connectivity index (χ3v) is 6.08. The van der Waals surface area contributed by atoms with Gasteiger partial charge in [0.05, 0.1) is 36.4 Å². The molecule has 0 spiro atoms. The first kappa shape index (κ1) is 25.1. The van der Waals surface area contributed by atoms with Crippen molar-refractivity contribution >= 4 is 34.7 Å². The highest BCUT2D eigenvalue weighted by molar-refractivity contribution is 6.52. The number of methoxy groups -OCH3 is 2. The normalized spacial score (nSPS) is 17.4. The lowest BCUT2D eigenvalue weighted by atomic mass is 9.94. The van der Waals surface area contributed by atoms with Crippen LogP contribution in [0, 0.1) is 0 Å². The third-order valence-electron chi connectivity index (χ3n) is 5.76. The minimum atomic E-state index is -4.58. The minimum absolute atomic E-state index is 0.0358. The number of hydrogen-bond donors (Lipinski definition) is 1. The number of amides is 1. The lowest BCUT2D eigenvalue weighted by Gasteiger charge is -2.26. The van der Waals surface area contributed by atoms with Gasteiger partial charge in [-0.1, -0.05) is 23.7 Å². The van der Waals surface area contributed by atoms with Crippen LogP contribution in [-0.2, 0) is 15.8 Å². The summed E-state index contributed by atoms with van der Waals surface area (Å²) in [6.45, 7) is 0. The highest BCUT2D eigenvalue weighted by Gasteiger charge is 2.47. The fraction of sp³-hybridized carbons (Fsp3) is 0.154. The molecule has 1 amide bonds. The van der Waals surface area contributed by atoms with Crippen LogP contribution in [0.15, 0.2) is 72.3 Å². The second-order valence-electron chi connectivity index (χ2n) is 7.84. The predicted molar refractivity (Wildman–Crippen MR) is 127 cm³/mol. The molecule has 0 radical (unpaired) electrons. The SMILES string of the molecule is COc1cccc(C2/C(=C(\O)c3cc(OC)ccc3Cl)C(=O)C(=O)N2c2ccc(C(F)(F)F)cc2)c1. The first-order chi connectivity index (χ1) is 17.1. The second kappa shape index (κ2) is 9.58. The summed E-state index contributed by atoms with van der Waals surface area (Å²) in [6, 6.07) is 13.5. The largest absolute Gasteiger partial charge is 0.507 e. The van der Waals surface area contributed by atoms with Gasteiger partial charge in [0.2, 0.25) is 0 Å². The van der Waals surface area contributed by atoms with E-state index in [9.17, 15) is 27.9 Å². The Morgan fingerprint density at radius 2 is 1.58 bits per heavy atom. The van der Waals surface area contributed by atoms with Crippen molar-refractivity contribution in [1.29, 1.82) is 0 Å². The molecule has 0 saturated carbocycles. The van der Waals surface area contributed by atoms with Crippen molar-refractivity contribution in [3.05, 3.63) is 94.0 Å². The quantitative estimate of drug-likeness (QED) is 0.255. The van der Waals surface area contributed by atoms with Crippen molar-refractivity contribution in [2.75, 3.05) is 19.1 Å². The van der Waals surface area contributed by atoms with Crippen LogP contribution in [0.1, 0.15) is 22.7 Å². The van der Waals surface area contributed by atoms with Gasteiger partial charge >= 0.3 is 6.18 Å². The molecule has 4 rings (SSSR count). The number of carbonyl (C=O) groups is 2. The topological polar surface area (TPSA) is 76.1 Å². The first-order valence-corrected chi connectivity index (χ1v) is 10.9. The van der Waals surface area contributed by atoms with Gasteiger partial charge in [-0.2, -0.15) is 13.2 Å². The Labute approximate surface area is 209 Å². The monoisotopic (exact) mass is 517 g/mol. The number of ether oxygens (including phenoxy) is 2. The molecule has 186 valence electrons. The molecule has 0 aliphatic carbocycles. The molecule has 1 saturated heterocycles. The van der Waals surface area contributed by atoms with E-state index in [0.717, 1.165) is 29.2 Å². The average Bonchev–Trinajstić information content (AvgIpc) is 3.13. The number of alkyl halides is 3. The van der Waals surface area contributed by atoms with E-state index in [1.165, 1.54) is 26.4 Å². The van der Waals surface area contributed by atoms with Crippen molar-refractivity contribution in [3.63, 3.8) is 0 Å². The van der Waals surface area contributed by atoms with E-state index < -0.39 is 35.2 Å². The molecule has 1 heterocycles. The minimum Gasteiger partial charge on any atom is -0.507 e. The smallest absolute Gasteiger partial charge is 0.416 e.